The molecule has 15 heteroatoms. The zero-order valence-electron chi connectivity index (χ0n) is 22.3. The van der Waals surface area contributed by atoms with Crippen LogP contribution < -0.4 is 0 Å². The number of ether oxygens (including phenoxy) is 4. The molecule has 0 amide bonds. The molecule has 41 heavy (non-hydrogen) atoms. The van der Waals surface area contributed by atoms with Crippen molar-refractivity contribution in [2.45, 2.75) is 94.2 Å². The maximum absolute atomic E-state index is 13.1. The van der Waals surface area contributed by atoms with Crippen LogP contribution in [0.4, 0.5) is 0 Å². The number of aliphatic hydroxyl groups excluding tert-OH is 8. The first-order valence-electron chi connectivity index (χ1n) is 13.0. The topological polar surface area (TPSA) is 253 Å². The van der Waals surface area contributed by atoms with Crippen molar-refractivity contribution in [2.24, 2.45) is 5.41 Å². The molecule has 232 valence electrons. The van der Waals surface area contributed by atoms with Crippen LogP contribution in [-0.2, 0) is 41.6 Å². The predicted octanol–water partition coefficient (Wildman–Crippen LogP) is -3.24. The molecule has 0 radical (unpaired) electrons. The monoisotopic (exact) mass is 590 g/mol. The largest absolute Gasteiger partial charge is 0.481 e. The van der Waals surface area contributed by atoms with E-state index < -0.39 is 98.4 Å². The van der Waals surface area contributed by atoms with Gasteiger partial charge in [-0.25, -0.2) is 0 Å². The Bertz CT molecular complexity index is 1020. The first-order chi connectivity index (χ1) is 19.3. The van der Waals surface area contributed by atoms with Crippen molar-refractivity contribution >= 4 is 11.9 Å². The molecule has 2 saturated heterocycles. The van der Waals surface area contributed by atoms with E-state index in [1.54, 1.807) is 24.3 Å². The van der Waals surface area contributed by atoms with Gasteiger partial charge in [-0.3, -0.25) is 9.59 Å². The molecule has 15 nitrogen and oxygen atoms in total. The van der Waals surface area contributed by atoms with Gasteiger partial charge in [-0.15, -0.1) is 0 Å². The van der Waals surface area contributed by atoms with Crippen LogP contribution in [0.5, 0.6) is 0 Å². The van der Waals surface area contributed by atoms with Crippen LogP contribution in [0, 0.1) is 5.41 Å². The van der Waals surface area contributed by atoms with Crippen LogP contribution in [-0.4, -0.2) is 133 Å². The summed E-state index contributed by atoms with van der Waals surface area (Å²) in [7, 11) is 0. The summed E-state index contributed by atoms with van der Waals surface area (Å²) < 4.78 is 21.3. The Morgan fingerprint density at radius 3 is 1.90 bits per heavy atom. The smallest absolute Gasteiger partial charge is 0.312 e. The molecule has 3 rings (SSSR count). The Balaban J connectivity index is 1.68. The van der Waals surface area contributed by atoms with Gasteiger partial charge in [0.05, 0.1) is 25.0 Å². The molecule has 0 spiro atoms. The summed E-state index contributed by atoms with van der Waals surface area (Å²) >= 11 is 0. The molecule has 1 aromatic carbocycles. The van der Waals surface area contributed by atoms with Gasteiger partial charge in [0.1, 0.15) is 55.4 Å². The van der Waals surface area contributed by atoms with Crippen molar-refractivity contribution in [3.05, 3.63) is 35.4 Å². The van der Waals surface area contributed by atoms with Crippen molar-refractivity contribution in [3.63, 3.8) is 0 Å². The number of hydrogen-bond donors (Lipinski definition) is 9. The number of aliphatic hydroxyl groups is 8. The molecule has 0 aliphatic carbocycles. The number of aliphatic carboxylic acids is 1. The summed E-state index contributed by atoms with van der Waals surface area (Å²) in [6.07, 6.45) is -17.5. The molecular formula is C26H38O15. The Kier molecular flexibility index (Phi) is 11.6. The third-order valence-corrected chi connectivity index (χ3v) is 7.43. The van der Waals surface area contributed by atoms with Crippen molar-refractivity contribution < 1.29 is 74.5 Å². The highest BCUT2D eigenvalue weighted by atomic mass is 16.8. The molecule has 2 heterocycles. The van der Waals surface area contributed by atoms with Gasteiger partial charge in [-0.2, -0.15) is 0 Å². The first-order valence-corrected chi connectivity index (χ1v) is 13.0. The number of aryl methyl sites for hydroxylation is 1. The van der Waals surface area contributed by atoms with Crippen LogP contribution in [0.1, 0.15) is 30.9 Å². The Hall–Kier alpha value is -2.28. The second kappa shape index (κ2) is 14.3. The van der Waals surface area contributed by atoms with Gasteiger partial charge in [0, 0.05) is 0 Å². The molecule has 11 atom stereocenters. The van der Waals surface area contributed by atoms with E-state index in [0.29, 0.717) is 5.56 Å². The number of rotatable bonds is 12. The molecule has 2 fully saturated rings. The highest BCUT2D eigenvalue weighted by Crippen LogP contribution is 2.32. The van der Waals surface area contributed by atoms with Crippen LogP contribution in [0.15, 0.2) is 24.3 Å². The first kappa shape index (κ1) is 33.2. The fourth-order valence-electron chi connectivity index (χ4n) is 4.77. The summed E-state index contributed by atoms with van der Waals surface area (Å²) in [5.74, 6) is -2.20. The lowest BCUT2D eigenvalue weighted by Crippen LogP contribution is -2.63. The minimum atomic E-state index is -1.90. The number of carbonyl (C=O) groups excluding carboxylic acids is 1. The fourth-order valence-corrected chi connectivity index (χ4v) is 4.77. The van der Waals surface area contributed by atoms with E-state index in [-0.39, 0.29) is 19.4 Å². The Morgan fingerprint density at radius 1 is 0.829 bits per heavy atom. The molecule has 0 bridgehead atoms. The van der Waals surface area contributed by atoms with E-state index in [2.05, 4.69) is 0 Å². The molecule has 1 aromatic rings. The van der Waals surface area contributed by atoms with Crippen molar-refractivity contribution in [2.75, 3.05) is 13.2 Å². The lowest BCUT2D eigenvalue weighted by Gasteiger charge is -2.44. The maximum Gasteiger partial charge on any atom is 0.312 e. The second-order valence-electron chi connectivity index (χ2n) is 10.5. The van der Waals surface area contributed by atoms with E-state index >= 15 is 0 Å². The maximum atomic E-state index is 13.1. The number of hydrogen-bond acceptors (Lipinski definition) is 14. The van der Waals surface area contributed by atoms with Gasteiger partial charge in [0.2, 0.25) is 0 Å². The van der Waals surface area contributed by atoms with E-state index in [1.807, 2.05) is 0 Å². The second-order valence-corrected chi connectivity index (χ2v) is 10.5. The molecule has 0 saturated carbocycles. The zero-order valence-corrected chi connectivity index (χ0v) is 22.3. The van der Waals surface area contributed by atoms with Crippen molar-refractivity contribution in [1.82, 2.24) is 0 Å². The molecule has 0 aromatic heterocycles. The summed E-state index contributed by atoms with van der Waals surface area (Å²) in [6.45, 7) is -0.291. The van der Waals surface area contributed by atoms with Crippen LogP contribution in [0.2, 0.25) is 0 Å². The van der Waals surface area contributed by atoms with E-state index in [9.17, 15) is 55.5 Å². The Labute approximate surface area is 235 Å². The number of esters is 1. The highest BCUT2D eigenvalue weighted by Gasteiger charge is 2.50. The third-order valence-electron chi connectivity index (χ3n) is 7.43. The average Bonchev–Trinajstić information content (AvgIpc) is 2.95. The SMILES string of the molecule is CC(CCc1ccccc1CO)(CC(=O)O)C(=O)OC[C@H]1O[C@H](O[C@H]2O[C@H](CO)[C@@H](O)[C@H](O)[C@H]2O)[C@H](O)[C@@H](O)[C@@H]1O. The van der Waals surface area contributed by atoms with Gasteiger partial charge in [0.15, 0.2) is 12.6 Å². The predicted molar refractivity (Wildman–Crippen MR) is 134 cm³/mol. The lowest BCUT2D eigenvalue weighted by molar-refractivity contribution is -0.376. The van der Waals surface area contributed by atoms with Gasteiger partial charge in [-0.1, -0.05) is 24.3 Å². The summed E-state index contributed by atoms with van der Waals surface area (Å²) in [5.41, 5.74) is -0.190. The van der Waals surface area contributed by atoms with Gasteiger partial charge >= 0.3 is 11.9 Å². The number of benzene rings is 1. The van der Waals surface area contributed by atoms with Crippen molar-refractivity contribution in [3.8, 4) is 0 Å². The standard InChI is InChI=1S/C26H38O15/c1-26(8-16(29)30,7-6-12-4-2-3-5-13(12)9-27)25(37)38-11-15-18(32)20(34)22(36)24(40-15)41-23-21(35)19(33)17(31)14(10-28)39-23/h2-5,14-15,17-24,27-28,31-36H,6-11H2,1H3,(H,29,30)/t14-,15-,17-,18-,19+,20+,21-,22-,23-,24-,26?/m1/s1. The third kappa shape index (κ3) is 7.77. The summed E-state index contributed by atoms with van der Waals surface area (Å²) in [4.78, 5) is 24.7. The van der Waals surface area contributed by atoms with E-state index in [1.165, 1.54) is 6.92 Å². The Morgan fingerprint density at radius 2 is 1.37 bits per heavy atom. The quantitative estimate of drug-likeness (QED) is 0.108. The highest BCUT2D eigenvalue weighted by molar-refractivity contribution is 5.82. The van der Waals surface area contributed by atoms with Crippen LogP contribution >= 0.6 is 0 Å². The van der Waals surface area contributed by atoms with Gasteiger partial charge < -0.3 is 64.9 Å². The zero-order chi connectivity index (χ0) is 30.5. The van der Waals surface area contributed by atoms with E-state index in [0.717, 1.165) is 5.56 Å². The van der Waals surface area contributed by atoms with Crippen LogP contribution in [0.25, 0.3) is 0 Å². The molecule has 1 unspecified atom stereocenters. The summed E-state index contributed by atoms with van der Waals surface area (Å²) in [5, 5.41) is 89.6. The minimum Gasteiger partial charge on any atom is -0.481 e. The van der Waals surface area contributed by atoms with Crippen LogP contribution in [0.3, 0.4) is 0 Å². The minimum absolute atomic E-state index is 0.0351. The van der Waals surface area contributed by atoms with E-state index in [4.69, 9.17) is 18.9 Å². The number of carboxylic acid groups (broad SMARTS) is 1. The number of carbonyl (C=O) groups is 2. The fraction of sp³-hybridized carbons (Fsp3) is 0.692. The molecular weight excluding hydrogens is 552 g/mol. The van der Waals surface area contributed by atoms with Gasteiger partial charge in [-0.05, 0) is 30.9 Å². The average molecular weight is 591 g/mol. The molecule has 2 aliphatic rings. The summed E-state index contributed by atoms with van der Waals surface area (Å²) in [6, 6.07) is 6.92. The van der Waals surface area contributed by atoms with Gasteiger partial charge in [0.25, 0.3) is 0 Å². The van der Waals surface area contributed by atoms with Crippen molar-refractivity contribution in [1.29, 1.82) is 0 Å². The lowest BCUT2D eigenvalue weighted by atomic mass is 9.80. The molecule has 9 N–H and O–H groups in total. The normalized spacial score (nSPS) is 35.4. The molecule has 2 aliphatic heterocycles. The number of carboxylic acids is 1.